The predicted molar refractivity (Wildman–Crippen MR) is 40.4 cm³/mol. The van der Waals surface area contributed by atoms with Gasteiger partial charge in [0.2, 0.25) is 0 Å². The Morgan fingerprint density at radius 1 is 0.867 bits per heavy atom. The highest BCUT2D eigenvalue weighted by molar-refractivity contribution is 5.88. The van der Waals surface area contributed by atoms with E-state index in [1.807, 2.05) is 0 Å². The molecule has 0 fully saturated rings. The molecule has 0 aliphatic rings. The van der Waals surface area contributed by atoms with Crippen LogP contribution in [0.15, 0.2) is 0 Å². The zero-order valence-electron chi connectivity index (χ0n) is 7.28. The van der Waals surface area contributed by atoms with Gasteiger partial charge in [-0.25, -0.2) is 10.1 Å². The lowest BCUT2D eigenvalue weighted by molar-refractivity contribution is -0.247. The van der Waals surface area contributed by atoms with Crippen molar-refractivity contribution in [2.75, 3.05) is 0 Å². The van der Waals surface area contributed by atoms with Crippen molar-refractivity contribution in [3.63, 3.8) is 0 Å². The number of carboxylic acid groups (broad SMARTS) is 3. The Kier molecular flexibility index (Phi) is 7.04. The Balaban J connectivity index is 0. The van der Waals surface area contributed by atoms with E-state index in [9.17, 15) is 14.4 Å². The first-order valence-corrected chi connectivity index (χ1v) is 3.35. The highest BCUT2D eigenvalue weighted by Gasteiger charge is 2.40. The molecule has 1 radical (unpaired) electrons. The number of aliphatic carboxylic acids is 3. The van der Waals surface area contributed by atoms with Crippen molar-refractivity contribution in [1.82, 2.24) is 0 Å². The Morgan fingerprint density at radius 3 is 1.27 bits per heavy atom. The van der Waals surface area contributed by atoms with Crippen LogP contribution in [0.25, 0.3) is 0 Å². The SMILES string of the molecule is O=C(O)CC(O)(CC(=O)O)C(=O)O.[O]O. The molecule has 0 unspecified atom stereocenters. The summed E-state index contributed by atoms with van der Waals surface area (Å²) in [5, 5.41) is 46.8. The zero-order chi connectivity index (χ0) is 12.6. The van der Waals surface area contributed by atoms with Crippen molar-refractivity contribution >= 4 is 17.9 Å². The van der Waals surface area contributed by atoms with Gasteiger partial charge in [-0.05, 0) is 5.26 Å². The summed E-state index contributed by atoms with van der Waals surface area (Å²) in [4.78, 5) is 30.5. The molecule has 0 aliphatic carbocycles. The standard InChI is InChI=1S/C6H8O7.HO2/c7-3(8)1-6(13,5(11)12)2-4(9)10;1-2/h13H,1-2H2,(H,7,8)(H,9,10)(H,11,12);1H. The maximum absolute atomic E-state index is 10.3. The summed E-state index contributed by atoms with van der Waals surface area (Å²) in [5.74, 6) is -5.02. The molecule has 0 atom stereocenters. The van der Waals surface area contributed by atoms with Crippen molar-refractivity contribution in [3.8, 4) is 0 Å². The number of carboxylic acids is 3. The maximum atomic E-state index is 10.3. The third kappa shape index (κ3) is 6.37. The predicted octanol–water partition coefficient (Wildman–Crippen LogP) is -1.36. The minimum absolute atomic E-state index is 1.14. The van der Waals surface area contributed by atoms with E-state index in [1.54, 1.807) is 0 Å². The molecule has 0 aromatic rings. The van der Waals surface area contributed by atoms with Crippen LogP contribution in [0.5, 0.6) is 0 Å². The Labute approximate surface area is 82.7 Å². The van der Waals surface area contributed by atoms with Crippen LogP contribution in [0.1, 0.15) is 12.8 Å². The zero-order valence-corrected chi connectivity index (χ0v) is 7.28. The first-order chi connectivity index (χ1) is 6.78. The van der Waals surface area contributed by atoms with E-state index in [2.05, 4.69) is 0 Å². The number of aliphatic hydroxyl groups is 1. The quantitative estimate of drug-likeness (QED) is 0.281. The van der Waals surface area contributed by atoms with Gasteiger partial charge in [-0.1, -0.05) is 0 Å². The molecule has 15 heavy (non-hydrogen) atoms. The van der Waals surface area contributed by atoms with Crippen molar-refractivity contribution in [3.05, 3.63) is 0 Å². The molecule has 5 N–H and O–H groups in total. The van der Waals surface area contributed by atoms with Crippen LogP contribution < -0.4 is 0 Å². The van der Waals surface area contributed by atoms with Crippen LogP contribution >= 0.6 is 0 Å². The summed E-state index contributed by atoms with van der Waals surface area (Å²) in [5.41, 5.74) is -2.74. The number of rotatable bonds is 5. The molecule has 0 saturated carbocycles. The van der Waals surface area contributed by atoms with E-state index >= 15 is 0 Å². The second kappa shape index (κ2) is 6.70. The monoisotopic (exact) mass is 225 g/mol. The highest BCUT2D eigenvalue weighted by Crippen LogP contribution is 2.15. The minimum atomic E-state index is -2.74. The number of hydrogen-bond donors (Lipinski definition) is 5. The van der Waals surface area contributed by atoms with Crippen LogP contribution in [0, 0.1) is 0 Å². The summed E-state index contributed by atoms with van der Waals surface area (Å²) in [6, 6.07) is 0. The van der Waals surface area contributed by atoms with E-state index in [0.29, 0.717) is 0 Å². The van der Waals surface area contributed by atoms with Gasteiger partial charge in [-0.2, -0.15) is 0 Å². The van der Waals surface area contributed by atoms with Gasteiger partial charge >= 0.3 is 17.9 Å². The van der Waals surface area contributed by atoms with Crippen molar-refractivity contribution in [2.45, 2.75) is 18.4 Å². The van der Waals surface area contributed by atoms with Crippen LogP contribution in [-0.4, -0.2) is 49.2 Å². The van der Waals surface area contributed by atoms with Crippen LogP contribution in [0.4, 0.5) is 0 Å². The first-order valence-electron chi connectivity index (χ1n) is 3.35. The summed E-state index contributed by atoms with van der Waals surface area (Å²) < 4.78 is 0. The molecule has 0 aliphatic heterocycles. The number of carbonyl (C=O) groups is 3. The smallest absolute Gasteiger partial charge is 0.336 e. The van der Waals surface area contributed by atoms with Crippen molar-refractivity contribution in [1.29, 1.82) is 0 Å². The molecule has 9 nitrogen and oxygen atoms in total. The van der Waals surface area contributed by atoms with Gasteiger partial charge in [0.1, 0.15) is 0 Å². The largest absolute Gasteiger partial charge is 0.481 e. The fourth-order valence-electron chi connectivity index (χ4n) is 0.714. The number of hydrogen-bond acceptors (Lipinski definition) is 5. The van der Waals surface area contributed by atoms with Crippen LogP contribution in [-0.2, 0) is 19.6 Å². The topological polar surface area (TPSA) is 172 Å². The second-order valence-corrected chi connectivity index (χ2v) is 2.48. The van der Waals surface area contributed by atoms with E-state index in [4.69, 9.17) is 30.9 Å². The lowest BCUT2D eigenvalue weighted by Crippen LogP contribution is -2.42. The average Bonchev–Trinajstić information content (AvgIpc) is 2.04. The van der Waals surface area contributed by atoms with E-state index in [1.165, 1.54) is 0 Å². The summed E-state index contributed by atoms with van der Waals surface area (Å²) in [6.45, 7) is 0. The lowest BCUT2D eigenvalue weighted by atomic mass is 9.96. The van der Waals surface area contributed by atoms with Crippen LogP contribution in [0.2, 0.25) is 0 Å². The Hall–Kier alpha value is -1.71. The third-order valence-electron chi connectivity index (χ3n) is 1.29. The van der Waals surface area contributed by atoms with Gasteiger partial charge in [0.15, 0.2) is 5.60 Å². The normalized spacial score (nSPS) is 9.80. The third-order valence-corrected chi connectivity index (χ3v) is 1.29. The van der Waals surface area contributed by atoms with E-state index in [0.717, 1.165) is 0 Å². The van der Waals surface area contributed by atoms with Gasteiger partial charge in [-0.15, -0.1) is 0 Å². The van der Waals surface area contributed by atoms with Gasteiger partial charge in [0.05, 0.1) is 12.8 Å². The highest BCUT2D eigenvalue weighted by atomic mass is 17.0. The fraction of sp³-hybridized carbons (Fsp3) is 0.500. The average molecular weight is 225 g/mol. The van der Waals surface area contributed by atoms with E-state index < -0.39 is 36.4 Å². The van der Waals surface area contributed by atoms with Gasteiger partial charge in [0, 0.05) is 0 Å². The van der Waals surface area contributed by atoms with E-state index in [-0.39, 0.29) is 0 Å². The van der Waals surface area contributed by atoms with Crippen LogP contribution in [0.3, 0.4) is 0 Å². The van der Waals surface area contributed by atoms with Gasteiger partial charge in [-0.3, -0.25) is 9.59 Å². The lowest BCUT2D eigenvalue weighted by Gasteiger charge is -2.18. The fourth-order valence-corrected chi connectivity index (χ4v) is 0.714. The maximum Gasteiger partial charge on any atom is 0.336 e. The summed E-state index contributed by atoms with van der Waals surface area (Å²) >= 11 is 0. The second-order valence-electron chi connectivity index (χ2n) is 2.48. The molecule has 87 valence electrons. The molecular weight excluding hydrogens is 216 g/mol. The molecule has 0 bridgehead atoms. The van der Waals surface area contributed by atoms with Gasteiger partial charge in [0.25, 0.3) is 0 Å². The summed E-state index contributed by atoms with van der Waals surface area (Å²) in [6.07, 6.45) is -2.29. The van der Waals surface area contributed by atoms with Crippen molar-refractivity contribution < 1.29 is 45.3 Å². The molecule has 0 aromatic heterocycles. The molecule has 0 aromatic carbocycles. The molecule has 9 heteroatoms. The molecule has 0 heterocycles. The Morgan fingerprint density at radius 2 is 1.13 bits per heavy atom. The summed E-state index contributed by atoms with van der Waals surface area (Å²) in [7, 11) is 0. The minimum Gasteiger partial charge on any atom is -0.481 e. The molecule has 0 saturated heterocycles. The Bertz CT molecular complexity index is 229. The molecule has 0 rings (SSSR count). The molecular formula is C6H9O9. The first kappa shape index (κ1) is 15.7. The van der Waals surface area contributed by atoms with Crippen molar-refractivity contribution in [2.24, 2.45) is 0 Å². The molecule has 0 spiro atoms. The van der Waals surface area contributed by atoms with Gasteiger partial charge < -0.3 is 20.4 Å². The molecule has 0 amide bonds.